The molecular formula is C21H21N5O4S. The Morgan fingerprint density at radius 2 is 2.06 bits per heavy atom. The molecule has 0 saturated carbocycles. The number of nitrogens with one attached hydrogen (secondary N) is 2. The predicted octanol–water partition coefficient (Wildman–Crippen LogP) is 1.28. The van der Waals surface area contributed by atoms with Crippen LogP contribution >= 0.6 is 11.8 Å². The van der Waals surface area contributed by atoms with Crippen molar-refractivity contribution in [2.75, 3.05) is 5.75 Å². The van der Waals surface area contributed by atoms with Crippen molar-refractivity contribution in [3.63, 3.8) is 0 Å². The molecule has 0 spiro atoms. The Kier molecular flexibility index (Phi) is 5.99. The molecule has 1 fully saturated rings. The largest absolute Gasteiger partial charge is 0.347 e. The van der Waals surface area contributed by atoms with E-state index in [0.29, 0.717) is 18.5 Å². The van der Waals surface area contributed by atoms with Gasteiger partial charge in [0.1, 0.15) is 11.1 Å². The summed E-state index contributed by atoms with van der Waals surface area (Å²) in [6, 6.07) is 8.10. The Bertz CT molecular complexity index is 1060. The van der Waals surface area contributed by atoms with E-state index in [2.05, 4.69) is 20.8 Å². The second-order valence-electron chi connectivity index (χ2n) is 7.26. The van der Waals surface area contributed by atoms with E-state index in [0.717, 1.165) is 21.9 Å². The zero-order valence-electron chi connectivity index (χ0n) is 16.9. The first-order chi connectivity index (χ1) is 15.0. The van der Waals surface area contributed by atoms with Crippen molar-refractivity contribution in [3.8, 4) is 0 Å². The molecule has 4 rings (SSSR count). The van der Waals surface area contributed by atoms with Crippen LogP contribution in [0.3, 0.4) is 0 Å². The molecule has 1 atom stereocenters. The van der Waals surface area contributed by atoms with Crippen molar-refractivity contribution in [1.82, 2.24) is 25.7 Å². The predicted molar refractivity (Wildman–Crippen MR) is 112 cm³/mol. The van der Waals surface area contributed by atoms with Crippen LogP contribution in [0, 0.1) is 0 Å². The highest BCUT2D eigenvalue weighted by atomic mass is 32.2. The van der Waals surface area contributed by atoms with Gasteiger partial charge in [0.15, 0.2) is 5.69 Å². The standard InChI is InChI=1S/C21H21N5O4S/c1-2-31-18-8-5-15(24-25-18)19(28)22-10-12-3-4-14-13(9-12)11-26(21(14)30)16-6-7-17(27)23-20(16)29/h3-5,8-9,16H,2,6-7,10-11H2,1H3,(H,22,28)(H,23,27,29). The van der Waals surface area contributed by atoms with Crippen molar-refractivity contribution >= 4 is 35.4 Å². The molecule has 4 amide bonds. The lowest BCUT2D eigenvalue weighted by molar-refractivity contribution is -0.136. The molecule has 2 N–H and O–H groups in total. The highest BCUT2D eigenvalue weighted by Gasteiger charge is 2.39. The summed E-state index contributed by atoms with van der Waals surface area (Å²) in [5.74, 6) is -0.425. The van der Waals surface area contributed by atoms with Gasteiger partial charge in [-0.15, -0.1) is 22.0 Å². The van der Waals surface area contributed by atoms with Crippen molar-refractivity contribution in [3.05, 3.63) is 52.7 Å². The Morgan fingerprint density at radius 1 is 1.23 bits per heavy atom. The first kappa shape index (κ1) is 21.0. The minimum Gasteiger partial charge on any atom is -0.347 e. The number of carbonyl (C=O) groups is 4. The van der Waals surface area contributed by atoms with Crippen molar-refractivity contribution in [1.29, 1.82) is 0 Å². The topological polar surface area (TPSA) is 121 Å². The van der Waals surface area contributed by atoms with Crippen molar-refractivity contribution in [2.45, 2.75) is 43.9 Å². The summed E-state index contributed by atoms with van der Waals surface area (Å²) in [7, 11) is 0. The SMILES string of the molecule is CCSc1ccc(C(=O)NCc2ccc3c(c2)CN(C2CCC(=O)NC2=O)C3=O)nn1. The third-order valence-electron chi connectivity index (χ3n) is 5.21. The van der Waals surface area contributed by atoms with Gasteiger partial charge < -0.3 is 10.2 Å². The third-order valence-corrected chi connectivity index (χ3v) is 6.01. The molecule has 160 valence electrons. The molecule has 2 aliphatic rings. The van der Waals surface area contributed by atoms with E-state index < -0.39 is 11.9 Å². The van der Waals surface area contributed by atoms with E-state index >= 15 is 0 Å². The van der Waals surface area contributed by atoms with Crippen LogP contribution in [0.1, 0.15) is 51.7 Å². The molecule has 1 saturated heterocycles. The van der Waals surface area contributed by atoms with Crippen molar-refractivity contribution < 1.29 is 19.2 Å². The van der Waals surface area contributed by atoms with Crippen LogP contribution < -0.4 is 10.6 Å². The third kappa shape index (κ3) is 4.43. The van der Waals surface area contributed by atoms with E-state index in [1.54, 1.807) is 36.0 Å². The van der Waals surface area contributed by atoms with Crippen LogP contribution in [0.2, 0.25) is 0 Å². The number of thioether (sulfide) groups is 1. The fourth-order valence-corrected chi connectivity index (χ4v) is 4.24. The quantitative estimate of drug-likeness (QED) is 0.514. The summed E-state index contributed by atoms with van der Waals surface area (Å²) >= 11 is 1.55. The molecule has 0 aliphatic carbocycles. The van der Waals surface area contributed by atoms with E-state index in [-0.39, 0.29) is 36.4 Å². The van der Waals surface area contributed by atoms with E-state index in [1.807, 2.05) is 13.0 Å². The zero-order valence-corrected chi connectivity index (χ0v) is 17.7. The highest BCUT2D eigenvalue weighted by molar-refractivity contribution is 7.99. The van der Waals surface area contributed by atoms with Crippen LogP contribution in [0.4, 0.5) is 0 Å². The maximum Gasteiger partial charge on any atom is 0.272 e. The Morgan fingerprint density at radius 3 is 2.77 bits per heavy atom. The van der Waals surface area contributed by atoms with Gasteiger partial charge in [0.25, 0.3) is 11.8 Å². The molecule has 10 heteroatoms. The smallest absolute Gasteiger partial charge is 0.272 e. The van der Waals surface area contributed by atoms with Crippen LogP contribution in [0.5, 0.6) is 0 Å². The van der Waals surface area contributed by atoms with Gasteiger partial charge in [0, 0.05) is 25.1 Å². The average molecular weight is 439 g/mol. The van der Waals surface area contributed by atoms with Crippen LogP contribution in [0.25, 0.3) is 0 Å². The van der Waals surface area contributed by atoms with Gasteiger partial charge in [-0.3, -0.25) is 24.5 Å². The summed E-state index contributed by atoms with van der Waals surface area (Å²) in [5.41, 5.74) is 2.40. The first-order valence-electron chi connectivity index (χ1n) is 9.97. The summed E-state index contributed by atoms with van der Waals surface area (Å²) in [4.78, 5) is 50.1. The van der Waals surface area contributed by atoms with Gasteiger partial charge in [-0.05, 0) is 41.5 Å². The van der Waals surface area contributed by atoms with Gasteiger partial charge in [0.2, 0.25) is 11.8 Å². The Labute approximate surface area is 183 Å². The number of nitrogens with zero attached hydrogens (tertiary/aromatic N) is 3. The summed E-state index contributed by atoms with van der Waals surface area (Å²) < 4.78 is 0. The van der Waals surface area contributed by atoms with Gasteiger partial charge in [-0.1, -0.05) is 19.1 Å². The lowest BCUT2D eigenvalue weighted by Gasteiger charge is -2.29. The number of imide groups is 1. The normalized spacial score (nSPS) is 18.0. The van der Waals surface area contributed by atoms with E-state index in [4.69, 9.17) is 0 Å². The molecule has 1 aromatic heterocycles. The lowest BCUT2D eigenvalue weighted by Crippen LogP contribution is -2.52. The molecule has 2 aliphatic heterocycles. The second-order valence-corrected chi connectivity index (χ2v) is 8.55. The monoisotopic (exact) mass is 439 g/mol. The minimum atomic E-state index is -0.645. The maximum atomic E-state index is 12.7. The fraction of sp³-hybridized carbons (Fsp3) is 0.333. The van der Waals surface area contributed by atoms with Crippen molar-refractivity contribution in [2.24, 2.45) is 0 Å². The molecular weight excluding hydrogens is 418 g/mol. The Hall–Kier alpha value is -3.27. The first-order valence-corrected chi connectivity index (χ1v) is 11.0. The number of piperidine rings is 1. The Balaban J connectivity index is 1.39. The number of hydrogen-bond donors (Lipinski definition) is 2. The van der Waals surface area contributed by atoms with E-state index in [1.165, 1.54) is 4.90 Å². The summed E-state index contributed by atoms with van der Waals surface area (Å²) in [6.45, 7) is 2.58. The molecule has 1 aromatic carbocycles. The van der Waals surface area contributed by atoms with Crippen LogP contribution in [-0.2, 0) is 22.7 Å². The van der Waals surface area contributed by atoms with Gasteiger partial charge >= 0.3 is 0 Å². The molecule has 3 heterocycles. The second kappa shape index (κ2) is 8.84. The maximum absolute atomic E-state index is 12.7. The number of benzene rings is 1. The van der Waals surface area contributed by atoms with Gasteiger partial charge in [0.05, 0.1) is 0 Å². The van der Waals surface area contributed by atoms with Gasteiger partial charge in [-0.2, -0.15) is 0 Å². The van der Waals surface area contributed by atoms with Crippen LogP contribution in [-0.4, -0.2) is 50.5 Å². The number of fused-ring (bicyclic) bond motifs is 1. The number of hydrogen-bond acceptors (Lipinski definition) is 7. The zero-order chi connectivity index (χ0) is 22.0. The summed E-state index contributed by atoms with van der Waals surface area (Å²) in [5, 5.41) is 13.8. The number of amides is 4. The molecule has 2 aromatic rings. The van der Waals surface area contributed by atoms with Gasteiger partial charge in [-0.25, -0.2) is 0 Å². The number of rotatable bonds is 6. The van der Waals surface area contributed by atoms with Crippen LogP contribution in [0.15, 0.2) is 35.4 Å². The number of aromatic nitrogens is 2. The average Bonchev–Trinajstić information content (AvgIpc) is 3.08. The molecule has 9 nitrogen and oxygen atoms in total. The number of carbonyl (C=O) groups excluding carboxylic acids is 4. The lowest BCUT2D eigenvalue weighted by atomic mass is 10.0. The molecule has 1 unspecified atom stereocenters. The minimum absolute atomic E-state index is 0.217. The molecule has 31 heavy (non-hydrogen) atoms. The molecule has 0 bridgehead atoms. The molecule has 0 radical (unpaired) electrons. The summed E-state index contributed by atoms with van der Waals surface area (Å²) in [6.07, 6.45) is 0.540. The highest BCUT2D eigenvalue weighted by Crippen LogP contribution is 2.28. The van der Waals surface area contributed by atoms with E-state index in [9.17, 15) is 19.2 Å². The fourth-order valence-electron chi connectivity index (χ4n) is 3.68.